The van der Waals surface area contributed by atoms with Crippen molar-refractivity contribution in [1.82, 2.24) is 10.2 Å². The molecule has 1 rings (SSSR count). The molecule has 0 spiro atoms. The summed E-state index contributed by atoms with van der Waals surface area (Å²) >= 11 is 0. The molecular formula is C9H16N2O2. The minimum Gasteiger partial charge on any atom is -0.353 e. The lowest BCUT2D eigenvalue weighted by atomic mass is 10.4. The molecule has 1 fully saturated rings. The van der Waals surface area contributed by atoms with Crippen LogP contribution in [0, 0.1) is 0 Å². The molecule has 0 unspecified atom stereocenters. The highest BCUT2D eigenvalue weighted by Crippen LogP contribution is 2.02. The van der Waals surface area contributed by atoms with Crippen LogP contribution in [0.25, 0.3) is 0 Å². The van der Waals surface area contributed by atoms with Crippen LogP contribution in [0.5, 0.6) is 0 Å². The SMILES string of the molecule is CC(C)NC(=O)CN1CCC(=O)C1. The molecule has 13 heavy (non-hydrogen) atoms. The van der Waals surface area contributed by atoms with Gasteiger partial charge in [-0.2, -0.15) is 0 Å². The number of likely N-dealkylation sites (tertiary alicyclic amines) is 1. The van der Waals surface area contributed by atoms with Crippen LogP contribution >= 0.6 is 0 Å². The van der Waals surface area contributed by atoms with Crippen LogP contribution in [0.15, 0.2) is 0 Å². The molecule has 1 aliphatic heterocycles. The van der Waals surface area contributed by atoms with Gasteiger partial charge in [-0.25, -0.2) is 0 Å². The number of hydrogen-bond acceptors (Lipinski definition) is 3. The molecule has 1 heterocycles. The molecule has 0 saturated carbocycles. The van der Waals surface area contributed by atoms with E-state index in [1.54, 1.807) is 0 Å². The van der Waals surface area contributed by atoms with E-state index < -0.39 is 0 Å². The molecule has 0 aliphatic carbocycles. The van der Waals surface area contributed by atoms with Crippen molar-refractivity contribution in [3.05, 3.63) is 0 Å². The number of carbonyl (C=O) groups excluding carboxylic acids is 2. The average molecular weight is 184 g/mol. The van der Waals surface area contributed by atoms with E-state index in [-0.39, 0.29) is 17.7 Å². The fourth-order valence-corrected chi connectivity index (χ4v) is 1.40. The van der Waals surface area contributed by atoms with Crippen LogP contribution in [0.1, 0.15) is 20.3 Å². The number of amides is 1. The number of rotatable bonds is 3. The Hall–Kier alpha value is -0.900. The topological polar surface area (TPSA) is 49.4 Å². The molecule has 0 atom stereocenters. The fourth-order valence-electron chi connectivity index (χ4n) is 1.40. The first-order valence-electron chi connectivity index (χ1n) is 4.61. The van der Waals surface area contributed by atoms with Gasteiger partial charge in [0.15, 0.2) is 0 Å². The minimum atomic E-state index is 0.00435. The zero-order valence-corrected chi connectivity index (χ0v) is 8.17. The maximum Gasteiger partial charge on any atom is 0.234 e. The van der Waals surface area contributed by atoms with Crippen molar-refractivity contribution >= 4 is 11.7 Å². The summed E-state index contributed by atoms with van der Waals surface area (Å²) in [6, 6.07) is 0.172. The Balaban J connectivity index is 2.24. The Kier molecular flexibility index (Phi) is 3.42. The first kappa shape index (κ1) is 10.2. The molecule has 1 saturated heterocycles. The Bertz CT molecular complexity index is 214. The maximum atomic E-state index is 11.3. The molecule has 0 aromatic carbocycles. The Labute approximate surface area is 78.3 Å². The second kappa shape index (κ2) is 4.37. The molecule has 4 nitrogen and oxygen atoms in total. The van der Waals surface area contributed by atoms with Gasteiger partial charge in [-0.05, 0) is 13.8 Å². The van der Waals surface area contributed by atoms with Gasteiger partial charge in [-0.15, -0.1) is 0 Å². The third kappa shape index (κ3) is 3.55. The quantitative estimate of drug-likeness (QED) is 0.660. The molecule has 4 heteroatoms. The van der Waals surface area contributed by atoms with E-state index in [2.05, 4.69) is 5.32 Å². The highest BCUT2D eigenvalue weighted by molar-refractivity contribution is 5.84. The van der Waals surface area contributed by atoms with Gasteiger partial charge in [0.25, 0.3) is 0 Å². The predicted octanol–water partition coefficient (Wildman–Crippen LogP) is -0.214. The van der Waals surface area contributed by atoms with Gasteiger partial charge in [0, 0.05) is 19.0 Å². The van der Waals surface area contributed by atoms with Gasteiger partial charge in [0.2, 0.25) is 5.91 Å². The van der Waals surface area contributed by atoms with Gasteiger partial charge < -0.3 is 5.32 Å². The highest BCUT2D eigenvalue weighted by atomic mass is 16.2. The van der Waals surface area contributed by atoms with E-state index in [1.807, 2.05) is 18.7 Å². The molecule has 74 valence electrons. The van der Waals surface area contributed by atoms with E-state index in [0.717, 1.165) is 6.54 Å². The second-order valence-corrected chi connectivity index (χ2v) is 3.72. The largest absolute Gasteiger partial charge is 0.353 e. The lowest BCUT2D eigenvalue weighted by Gasteiger charge is -2.14. The minimum absolute atomic E-state index is 0.00435. The van der Waals surface area contributed by atoms with Crippen LogP contribution < -0.4 is 5.32 Å². The van der Waals surface area contributed by atoms with Gasteiger partial charge in [0.05, 0.1) is 13.1 Å². The lowest BCUT2D eigenvalue weighted by Crippen LogP contribution is -2.39. The van der Waals surface area contributed by atoms with E-state index in [1.165, 1.54) is 0 Å². The monoisotopic (exact) mass is 184 g/mol. The molecule has 0 aromatic rings. The van der Waals surface area contributed by atoms with Crippen molar-refractivity contribution in [1.29, 1.82) is 0 Å². The molecule has 0 aromatic heterocycles. The molecule has 0 bridgehead atoms. The van der Waals surface area contributed by atoms with Crippen molar-refractivity contribution in [2.75, 3.05) is 19.6 Å². The number of carbonyl (C=O) groups is 2. The predicted molar refractivity (Wildman–Crippen MR) is 49.3 cm³/mol. The van der Waals surface area contributed by atoms with Crippen molar-refractivity contribution in [3.8, 4) is 0 Å². The third-order valence-corrected chi connectivity index (χ3v) is 1.92. The number of nitrogens with zero attached hydrogens (tertiary/aromatic N) is 1. The summed E-state index contributed by atoms with van der Waals surface area (Å²) in [5.74, 6) is 0.238. The molecule has 0 radical (unpaired) electrons. The average Bonchev–Trinajstić information content (AvgIpc) is 2.33. The van der Waals surface area contributed by atoms with Crippen LogP contribution in [-0.4, -0.2) is 42.3 Å². The van der Waals surface area contributed by atoms with Crippen molar-refractivity contribution in [2.45, 2.75) is 26.3 Å². The summed E-state index contributed by atoms with van der Waals surface area (Å²) in [5, 5.41) is 2.79. The summed E-state index contributed by atoms with van der Waals surface area (Å²) in [6.45, 7) is 5.36. The highest BCUT2D eigenvalue weighted by Gasteiger charge is 2.21. The normalized spacial score (nSPS) is 18.2. The molecule has 1 amide bonds. The smallest absolute Gasteiger partial charge is 0.234 e. The standard InChI is InChI=1S/C9H16N2O2/c1-7(2)10-9(13)6-11-4-3-8(12)5-11/h7H,3-6H2,1-2H3,(H,10,13). The maximum absolute atomic E-state index is 11.3. The molecule has 1 aliphatic rings. The Morgan fingerprint density at radius 1 is 1.62 bits per heavy atom. The number of ketones is 1. The lowest BCUT2D eigenvalue weighted by molar-refractivity contribution is -0.122. The van der Waals surface area contributed by atoms with Crippen molar-refractivity contribution in [2.24, 2.45) is 0 Å². The second-order valence-electron chi connectivity index (χ2n) is 3.72. The fraction of sp³-hybridized carbons (Fsp3) is 0.778. The number of Topliss-reactive ketones (excluding diaryl/α,β-unsaturated/α-hetero) is 1. The van der Waals surface area contributed by atoms with Crippen molar-refractivity contribution < 1.29 is 9.59 Å². The summed E-state index contributed by atoms with van der Waals surface area (Å²) in [5.41, 5.74) is 0. The summed E-state index contributed by atoms with van der Waals surface area (Å²) in [7, 11) is 0. The zero-order valence-electron chi connectivity index (χ0n) is 8.17. The van der Waals surface area contributed by atoms with Crippen LogP contribution in [0.2, 0.25) is 0 Å². The Morgan fingerprint density at radius 3 is 2.77 bits per heavy atom. The third-order valence-electron chi connectivity index (χ3n) is 1.92. The number of hydrogen-bond donors (Lipinski definition) is 1. The van der Waals surface area contributed by atoms with Gasteiger partial charge >= 0.3 is 0 Å². The number of nitrogens with one attached hydrogen (secondary N) is 1. The zero-order chi connectivity index (χ0) is 9.84. The summed E-state index contributed by atoms with van der Waals surface area (Å²) < 4.78 is 0. The van der Waals surface area contributed by atoms with Crippen LogP contribution in [-0.2, 0) is 9.59 Å². The van der Waals surface area contributed by atoms with Gasteiger partial charge in [0.1, 0.15) is 5.78 Å². The first-order chi connectivity index (χ1) is 6.08. The summed E-state index contributed by atoms with van der Waals surface area (Å²) in [6.07, 6.45) is 0.592. The van der Waals surface area contributed by atoms with Crippen molar-refractivity contribution in [3.63, 3.8) is 0 Å². The Morgan fingerprint density at radius 2 is 2.31 bits per heavy atom. The summed E-state index contributed by atoms with van der Waals surface area (Å²) in [4.78, 5) is 24.0. The molecular weight excluding hydrogens is 168 g/mol. The van der Waals surface area contributed by atoms with E-state index in [0.29, 0.717) is 19.5 Å². The van der Waals surface area contributed by atoms with E-state index in [4.69, 9.17) is 0 Å². The first-order valence-corrected chi connectivity index (χ1v) is 4.61. The van der Waals surface area contributed by atoms with Crippen LogP contribution in [0.3, 0.4) is 0 Å². The van der Waals surface area contributed by atoms with Gasteiger partial charge in [-0.3, -0.25) is 14.5 Å². The van der Waals surface area contributed by atoms with Gasteiger partial charge in [-0.1, -0.05) is 0 Å². The van der Waals surface area contributed by atoms with Crippen LogP contribution in [0.4, 0.5) is 0 Å². The molecule has 1 N–H and O–H groups in total. The van der Waals surface area contributed by atoms with E-state index >= 15 is 0 Å². The van der Waals surface area contributed by atoms with E-state index in [9.17, 15) is 9.59 Å².